The lowest BCUT2D eigenvalue weighted by Crippen LogP contribution is -2.34. The van der Waals surface area contributed by atoms with Crippen molar-refractivity contribution in [2.45, 2.75) is 38.3 Å². The molecule has 6 nitrogen and oxygen atoms in total. The number of nitrogens with zero attached hydrogens (tertiary/aromatic N) is 3. The van der Waals surface area contributed by atoms with Crippen molar-refractivity contribution in [2.24, 2.45) is 5.92 Å². The molecular formula is C30H30F3N3O3. The minimum Gasteiger partial charge on any atom is -0.489 e. The van der Waals surface area contributed by atoms with Gasteiger partial charge in [0.15, 0.2) is 5.78 Å². The summed E-state index contributed by atoms with van der Waals surface area (Å²) in [6.07, 6.45) is 3.95. The van der Waals surface area contributed by atoms with Crippen LogP contribution < -0.4 is 4.74 Å². The Morgan fingerprint density at radius 1 is 0.872 bits per heavy atom. The molecule has 1 aromatic heterocycles. The number of Topliss-reactive ketones (excluding diaryl/α,β-unsaturated/α-hetero) is 1. The molecule has 1 atom stereocenters. The monoisotopic (exact) mass is 537 g/mol. The van der Waals surface area contributed by atoms with Crippen LogP contribution in [0.2, 0.25) is 0 Å². The topological polar surface area (TPSA) is 62.7 Å². The molecule has 0 radical (unpaired) electrons. The average molecular weight is 538 g/mol. The van der Waals surface area contributed by atoms with Crippen LogP contribution in [0.1, 0.15) is 52.1 Å². The standard InChI is InChI=1S/C30H30F3N3O3/c31-23-2-4-26(5-3-23)39-27-9-12-36(19-27)30(38)22-1-6-28(34-17-22)29(37)15-20-7-10-35(11-8-20)18-21-13-24(32)16-25(33)14-21/h1-6,13-14,16-17,20,27H,7-12,15,18-19H2. The van der Waals surface area contributed by atoms with Crippen LogP contribution >= 0.6 is 0 Å². The number of benzene rings is 2. The number of rotatable bonds is 8. The first-order chi connectivity index (χ1) is 18.8. The van der Waals surface area contributed by atoms with E-state index in [0.717, 1.165) is 32.0 Å². The Hall–Kier alpha value is -3.72. The van der Waals surface area contributed by atoms with Crippen LogP contribution in [0.3, 0.4) is 0 Å². The van der Waals surface area contributed by atoms with E-state index in [1.54, 1.807) is 29.2 Å². The number of pyridine rings is 1. The number of likely N-dealkylation sites (tertiary alicyclic amines) is 2. The second-order valence-corrected chi connectivity index (χ2v) is 10.3. The smallest absolute Gasteiger partial charge is 0.255 e. The second kappa shape index (κ2) is 12.0. The molecule has 2 aliphatic heterocycles. The maximum absolute atomic E-state index is 13.5. The van der Waals surface area contributed by atoms with Crippen molar-refractivity contribution < 1.29 is 27.5 Å². The molecule has 0 N–H and O–H groups in total. The molecule has 3 aromatic rings. The van der Waals surface area contributed by atoms with Gasteiger partial charge in [0.25, 0.3) is 5.91 Å². The van der Waals surface area contributed by atoms with Crippen LogP contribution in [-0.4, -0.2) is 58.8 Å². The van der Waals surface area contributed by atoms with E-state index in [4.69, 9.17) is 4.74 Å². The molecule has 9 heteroatoms. The Morgan fingerprint density at radius 2 is 1.59 bits per heavy atom. The Kier molecular flexibility index (Phi) is 8.26. The number of hydrogen-bond acceptors (Lipinski definition) is 5. The number of carbonyl (C=O) groups excluding carboxylic acids is 2. The highest BCUT2D eigenvalue weighted by Gasteiger charge is 2.29. The van der Waals surface area contributed by atoms with Gasteiger partial charge in [-0.3, -0.25) is 19.5 Å². The molecule has 1 unspecified atom stereocenters. The summed E-state index contributed by atoms with van der Waals surface area (Å²) in [6.45, 7) is 2.93. The van der Waals surface area contributed by atoms with E-state index in [-0.39, 0.29) is 29.5 Å². The van der Waals surface area contributed by atoms with Crippen LogP contribution in [0.4, 0.5) is 13.2 Å². The summed E-state index contributed by atoms with van der Waals surface area (Å²) in [5.41, 5.74) is 1.35. The maximum atomic E-state index is 13.5. The van der Waals surface area contributed by atoms with Crippen LogP contribution in [0.25, 0.3) is 0 Å². The van der Waals surface area contributed by atoms with Crippen molar-refractivity contribution in [3.05, 3.63) is 95.1 Å². The minimum atomic E-state index is -0.578. The third-order valence-corrected chi connectivity index (χ3v) is 7.35. The zero-order chi connectivity index (χ0) is 27.4. The highest BCUT2D eigenvalue weighted by molar-refractivity contribution is 5.97. The van der Waals surface area contributed by atoms with E-state index >= 15 is 0 Å². The predicted octanol–water partition coefficient (Wildman–Crippen LogP) is 5.28. The van der Waals surface area contributed by atoms with E-state index in [1.807, 2.05) is 0 Å². The van der Waals surface area contributed by atoms with Gasteiger partial charge in [0.1, 0.15) is 35.0 Å². The van der Waals surface area contributed by atoms with Gasteiger partial charge < -0.3 is 9.64 Å². The number of aromatic nitrogens is 1. The first kappa shape index (κ1) is 26.9. The van der Waals surface area contributed by atoms with Gasteiger partial charge in [-0.25, -0.2) is 13.2 Å². The summed E-state index contributed by atoms with van der Waals surface area (Å²) in [6, 6.07) is 12.6. The number of amides is 1. The van der Waals surface area contributed by atoms with Gasteiger partial charge in [-0.05, 0) is 85.9 Å². The Morgan fingerprint density at radius 3 is 2.26 bits per heavy atom. The van der Waals surface area contributed by atoms with E-state index in [9.17, 15) is 22.8 Å². The number of piperidine rings is 1. The second-order valence-electron chi connectivity index (χ2n) is 10.3. The van der Waals surface area contributed by atoms with Crippen molar-refractivity contribution in [1.29, 1.82) is 0 Å². The Labute approximate surface area is 225 Å². The molecule has 5 rings (SSSR count). The average Bonchev–Trinajstić information content (AvgIpc) is 3.39. The Bertz CT molecular complexity index is 1290. The molecule has 0 saturated carbocycles. The zero-order valence-corrected chi connectivity index (χ0v) is 21.5. The van der Waals surface area contributed by atoms with Crippen molar-refractivity contribution >= 4 is 11.7 Å². The SMILES string of the molecule is O=C(CC1CCN(Cc2cc(F)cc(F)c2)CC1)c1ccc(C(=O)N2CCC(Oc3ccc(F)cc3)C2)cn1. The van der Waals surface area contributed by atoms with Gasteiger partial charge in [0, 0.05) is 38.2 Å². The van der Waals surface area contributed by atoms with Gasteiger partial charge in [-0.15, -0.1) is 0 Å². The summed E-state index contributed by atoms with van der Waals surface area (Å²) >= 11 is 0. The first-order valence-electron chi connectivity index (χ1n) is 13.2. The van der Waals surface area contributed by atoms with E-state index in [2.05, 4.69) is 9.88 Å². The summed E-state index contributed by atoms with van der Waals surface area (Å²) in [5, 5.41) is 0. The van der Waals surface area contributed by atoms with Crippen molar-refractivity contribution in [1.82, 2.24) is 14.8 Å². The fourth-order valence-electron chi connectivity index (χ4n) is 5.26. The van der Waals surface area contributed by atoms with Crippen LogP contribution in [0.15, 0.2) is 60.8 Å². The van der Waals surface area contributed by atoms with Gasteiger partial charge >= 0.3 is 0 Å². The highest BCUT2D eigenvalue weighted by Crippen LogP contribution is 2.24. The third kappa shape index (κ3) is 7.03. The molecular weight excluding hydrogens is 507 g/mol. The highest BCUT2D eigenvalue weighted by atomic mass is 19.1. The van der Waals surface area contributed by atoms with E-state index in [0.29, 0.717) is 55.0 Å². The predicted molar refractivity (Wildman–Crippen MR) is 139 cm³/mol. The number of ether oxygens (including phenoxy) is 1. The molecule has 39 heavy (non-hydrogen) atoms. The largest absolute Gasteiger partial charge is 0.489 e. The quantitative estimate of drug-likeness (QED) is 0.366. The van der Waals surface area contributed by atoms with Crippen molar-refractivity contribution in [3.63, 3.8) is 0 Å². The van der Waals surface area contributed by atoms with Gasteiger partial charge in [0.05, 0.1) is 12.1 Å². The molecule has 0 aliphatic carbocycles. The molecule has 0 spiro atoms. The lowest BCUT2D eigenvalue weighted by molar-refractivity contribution is 0.0771. The fourth-order valence-corrected chi connectivity index (χ4v) is 5.26. The normalized spacial score (nSPS) is 18.3. The first-order valence-corrected chi connectivity index (χ1v) is 13.2. The molecule has 204 valence electrons. The van der Waals surface area contributed by atoms with Crippen molar-refractivity contribution in [2.75, 3.05) is 26.2 Å². The van der Waals surface area contributed by atoms with E-state index < -0.39 is 11.6 Å². The number of carbonyl (C=O) groups is 2. The molecule has 0 bridgehead atoms. The maximum Gasteiger partial charge on any atom is 0.255 e. The summed E-state index contributed by atoms with van der Waals surface area (Å²) in [7, 11) is 0. The van der Waals surface area contributed by atoms with Gasteiger partial charge in [-0.1, -0.05) is 0 Å². The lowest BCUT2D eigenvalue weighted by Gasteiger charge is -2.31. The molecule has 2 saturated heterocycles. The lowest BCUT2D eigenvalue weighted by atomic mass is 9.90. The molecule has 2 aromatic carbocycles. The molecule has 3 heterocycles. The fraction of sp³-hybridized carbons (Fsp3) is 0.367. The van der Waals surface area contributed by atoms with Crippen LogP contribution in [0.5, 0.6) is 5.75 Å². The molecule has 2 fully saturated rings. The van der Waals surface area contributed by atoms with Crippen LogP contribution in [0, 0.1) is 23.4 Å². The summed E-state index contributed by atoms with van der Waals surface area (Å²) < 4.78 is 45.9. The minimum absolute atomic E-state index is 0.0615. The number of ketones is 1. The van der Waals surface area contributed by atoms with Crippen LogP contribution in [-0.2, 0) is 6.54 Å². The number of hydrogen-bond donors (Lipinski definition) is 0. The van der Waals surface area contributed by atoms with Crippen molar-refractivity contribution in [3.8, 4) is 5.75 Å². The van der Waals surface area contributed by atoms with Gasteiger partial charge in [0.2, 0.25) is 0 Å². The third-order valence-electron chi connectivity index (χ3n) is 7.35. The molecule has 1 amide bonds. The Balaban J connectivity index is 1.08. The molecule has 2 aliphatic rings. The zero-order valence-electron chi connectivity index (χ0n) is 21.5. The van der Waals surface area contributed by atoms with E-state index in [1.165, 1.54) is 30.5 Å². The summed E-state index contributed by atoms with van der Waals surface area (Å²) in [5.74, 6) is -0.943. The number of halogens is 3. The summed E-state index contributed by atoms with van der Waals surface area (Å²) in [4.78, 5) is 33.9. The van der Waals surface area contributed by atoms with Gasteiger partial charge in [-0.2, -0.15) is 0 Å².